The molecule has 0 bridgehead atoms. The second kappa shape index (κ2) is 7.19. The zero-order chi connectivity index (χ0) is 14.4. The maximum absolute atomic E-state index is 12.0. The zero-order valence-corrected chi connectivity index (χ0v) is 11.1. The predicted molar refractivity (Wildman–Crippen MR) is 70.5 cm³/mol. The topological polar surface area (TPSA) is 50.4 Å². The fourth-order valence-electron chi connectivity index (χ4n) is 2.20. The van der Waals surface area contributed by atoms with E-state index in [0.717, 1.165) is 24.9 Å². The summed E-state index contributed by atoms with van der Waals surface area (Å²) in [4.78, 5) is 11.9. The molecule has 1 heterocycles. The highest BCUT2D eigenvalue weighted by molar-refractivity contribution is 5.78. The van der Waals surface area contributed by atoms with E-state index in [2.05, 4.69) is 15.4 Å². The number of hydrogen-bond donors (Lipinski definition) is 2. The van der Waals surface area contributed by atoms with Crippen LogP contribution >= 0.6 is 0 Å². The summed E-state index contributed by atoms with van der Waals surface area (Å²) < 4.78 is 28.3. The average molecular weight is 284 g/mol. The minimum atomic E-state index is -2.82. The monoisotopic (exact) mass is 284 g/mol. The molecule has 1 aliphatic heterocycles. The van der Waals surface area contributed by atoms with Crippen LogP contribution in [0.2, 0.25) is 0 Å². The number of carbonyl (C=O) groups is 1. The van der Waals surface area contributed by atoms with Gasteiger partial charge < -0.3 is 15.4 Å². The van der Waals surface area contributed by atoms with Gasteiger partial charge in [0.1, 0.15) is 5.75 Å². The number of halogens is 2. The van der Waals surface area contributed by atoms with Gasteiger partial charge in [0, 0.05) is 13.1 Å². The minimum absolute atomic E-state index is 0.0187. The molecule has 1 fully saturated rings. The van der Waals surface area contributed by atoms with Gasteiger partial charge in [-0.1, -0.05) is 12.1 Å². The molecule has 6 heteroatoms. The van der Waals surface area contributed by atoms with Crippen molar-refractivity contribution in [3.63, 3.8) is 0 Å². The first kappa shape index (κ1) is 14.7. The van der Waals surface area contributed by atoms with Crippen molar-refractivity contribution in [1.82, 2.24) is 10.6 Å². The Labute approximate surface area is 116 Å². The van der Waals surface area contributed by atoms with E-state index in [1.165, 1.54) is 12.1 Å². The Morgan fingerprint density at radius 3 is 2.75 bits per heavy atom. The van der Waals surface area contributed by atoms with Crippen molar-refractivity contribution in [3.8, 4) is 5.75 Å². The van der Waals surface area contributed by atoms with Gasteiger partial charge in [0.25, 0.3) is 0 Å². The zero-order valence-electron chi connectivity index (χ0n) is 11.1. The molecule has 1 aromatic rings. The largest absolute Gasteiger partial charge is 0.435 e. The number of carbonyl (C=O) groups excluding carboxylic acids is 1. The summed E-state index contributed by atoms with van der Waals surface area (Å²) in [5.41, 5.74) is 0.851. The van der Waals surface area contributed by atoms with Gasteiger partial charge in [0.2, 0.25) is 5.91 Å². The van der Waals surface area contributed by atoms with Crippen LogP contribution in [-0.2, 0) is 11.3 Å². The summed E-state index contributed by atoms with van der Waals surface area (Å²) in [6, 6.07) is 6.26. The molecule has 2 rings (SSSR count). The summed E-state index contributed by atoms with van der Waals surface area (Å²) in [7, 11) is 0. The van der Waals surface area contributed by atoms with E-state index in [-0.39, 0.29) is 17.6 Å². The predicted octanol–water partition coefficient (Wildman–Crippen LogP) is 1.90. The molecule has 2 N–H and O–H groups in total. The highest BCUT2D eigenvalue weighted by Crippen LogP contribution is 2.15. The van der Waals surface area contributed by atoms with Crippen molar-refractivity contribution in [2.24, 2.45) is 5.92 Å². The van der Waals surface area contributed by atoms with Crippen molar-refractivity contribution in [1.29, 1.82) is 0 Å². The first-order valence-corrected chi connectivity index (χ1v) is 6.67. The van der Waals surface area contributed by atoms with E-state index < -0.39 is 6.61 Å². The molecule has 4 nitrogen and oxygen atoms in total. The molecule has 0 aliphatic carbocycles. The molecule has 0 saturated carbocycles. The summed E-state index contributed by atoms with van der Waals surface area (Å²) in [5, 5.41) is 6.05. The molecule has 1 atom stereocenters. The third kappa shape index (κ3) is 4.45. The van der Waals surface area contributed by atoms with Crippen LogP contribution in [0.3, 0.4) is 0 Å². The van der Waals surface area contributed by atoms with Gasteiger partial charge in [-0.25, -0.2) is 0 Å². The van der Waals surface area contributed by atoms with Crippen LogP contribution in [0.5, 0.6) is 5.75 Å². The molecule has 0 radical (unpaired) electrons. The van der Waals surface area contributed by atoms with Crippen LogP contribution in [0.25, 0.3) is 0 Å². The smallest absolute Gasteiger partial charge is 0.387 e. The first-order valence-electron chi connectivity index (χ1n) is 6.67. The Morgan fingerprint density at radius 1 is 1.40 bits per heavy atom. The highest BCUT2D eigenvalue weighted by atomic mass is 19.3. The lowest BCUT2D eigenvalue weighted by molar-refractivity contribution is -0.125. The molecule has 1 amide bonds. The molecule has 20 heavy (non-hydrogen) atoms. The number of ether oxygens (including phenoxy) is 1. The Morgan fingerprint density at radius 2 is 2.15 bits per heavy atom. The number of amides is 1. The van der Waals surface area contributed by atoms with Gasteiger partial charge in [-0.05, 0) is 37.1 Å². The van der Waals surface area contributed by atoms with Crippen LogP contribution < -0.4 is 15.4 Å². The standard InChI is InChI=1S/C14H18F2N2O2/c15-14(16)20-12-5-3-10(4-6-12)8-18-13(19)11-2-1-7-17-9-11/h3-6,11,14,17H,1-2,7-9H2,(H,18,19)/t11-/m1/s1. The molecule has 0 unspecified atom stereocenters. The van der Waals surface area contributed by atoms with Crippen molar-refractivity contribution < 1.29 is 18.3 Å². The lowest BCUT2D eigenvalue weighted by Gasteiger charge is -2.21. The fraction of sp³-hybridized carbons (Fsp3) is 0.500. The molecule has 0 spiro atoms. The molecular formula is C14H18F2N2O2. The molecule has 1 saturated heterocycles. The van der Waals surface area contributed by atoms with Gasteiger partial charge >= 0.3 is 6.61 Å². The SMILES string of the molecule is O=C(NCc1ccc(OC(F)F)cc1)[C@@H]1CCCNC1. The number of nitrogens with one attached hydrogen (secondary N) is 2. The van der Waals surface area contributed by atoms with E-state index in [0.29, 0.717) is 13.1 Å². The van der Waals surface area contributed by atoms with Crippen molar-refractivity contribution in [3.05, 3.63) is 29.8 Å². The van der Waals surface area contributed by atoms with Crippen LogP contribution in [0.4, 0.5) is 8.78 Å². The van der Waals surface area contributed by atoms with Gasteiger partial charge in [-0.3, -0.25) is 4.79 Å². The Kier molecular flexibility index (Phi) is 5.29. The maximum Gasteiger partial charge on any atom is 0.387 e. The minimum Gasteiger partial charge on any atom is -0.435 e. The summed E-state index contributed by atoms with van der Waals surface area (Å²) in [6.45, 7) is -0.744. The second-order valence-electron chi connectivity index (χ2n) is 4.78. The number of rotatable bonds is 5. The number of alkyl halides is 2. The Hall–Kier alpha value is -1.69. The summed E-state index contributed by atoms with van der Waals surface area (Å²) in [6.07, 6.45) is 1.91. The normalized spacial score (nSPS) is 18.9. The number of hydrogen-bond acceptors (Lipinski definition) is 3. The molecular weight excluding hydrogens is 266 g/mol. The quantitative estimate of drug-likeness (QED) is 0.868. The van der Waals surface area contributed by atoms with E-state index in [1.54, 1.807) is 12.1 Å². The van der Waals surface area contributed by atoms with Crippen molar-refractivity contribution >= 4 is 5.91 Å². The van der Waals surface area contributed by atoms with Crippen LogP contribution in [-0.4, -0.2) is 25.6 Å². The molecule has 1 aromatic carbocycles. The second-order valence-corrected chi connectivity index (χ2v) is 4.78. The molecule has 0 aromatic heterocycles. The number of piperidine rings is 1. The first-order chi connectivity index (χ1) is 9.65. The van der Waals surface area contributed by atoms with Crippen molar-refractivity contribution in [2.45, 2.75) is 26.0 Å². The maximum atomic E-state index is 12.0. The lowest BCUT2D eigenvalue weighted by Crippen LogP contribution is -2.40. The van der Waals surface area contributed by atoms with Gasteiger partial charge in [-0.2, -0.15) is 8.78 Å². The average Bonchev–Trinajstić information content (AvgIpc) is 2.46. The van der Waals surface area contributed by atoms with Gasteiger partial charge in [0.15, 0.2) is 0 Å². The number of benzene rings is 1. The van der Waals surface area contributed by atoms with E-state index >= 15 is 0 Å². The van der Waals surface area contributed by atoms with Gasteiger partial charge in [0.05, 0.1) is 5.92 Å². The Bertz CT molecular complexity index is 431. The summed E-state index contributed by atoms with van der Waals surface area (Å²) in [5.74, 6) is 0.168. The van der Waals surface area contributed by atoms with Crippen LogP contribution in [0.15, 0.2) is 24.3 Å². The fourth-order valence-corrected chi connectivity index (χ4v) is 2.20. The third-order valence-electron chi connectivity index (χ3n) is 3.28. The van der Waals surface area contributed by atoms with Crippen LogP contribution in [0, 0.1) is 5.92 Å². The molecule has 1 aliphatic rings. The van der Waals surface area contributed by atoms with E-state index in [9.17, 15) is 13.6 Å². The molecule has 110 valence electrons. The van der Waals surface area contributed by atoms with Crippen LogP contribution in [0.1, 0.15) is 18.4 Å². The lowest BCUT2D eigenvalue weighted by atomic mass is 9.99. The van der Waals surface area contributed by atoms with E-state index in [4.69, 9.17) is 0 Å². The van der Waals surface area contributed by atoms with Gasteiger partial charge in [-0.15, -0.1) is 0 Å². The summed E-state index contributed by atoms with van der Waals surface area (Å²) >= 11 is 0. The Balaban J connectivity index is 1.79. The highest BCUT2D eigenvalue weighted by Gasteiger charge is 2.20. The van der Waals surface area contributed by atoms with Crippen molar-refractivity contribution in [2.75, 3.05) is 13.1 Å². The van der Waals surface area contributed by atoms with E-state index in [1.807, 2.05) is 0 Å². The third-order valence-corrected chi connectivity index (χ3v) is 3.28.